The lowest BCUT2D eigenvalue weighted by molar-refractivity contribution is 0.0648. The van der Waals surface area contributed by atoms with Gasteiger partial charge >= 0.3 is 0 Å². The minimum atomic E-state index is -0.416. The van der Waals surface area contributed by atoms with Crippen molar-refractivity contribution in [1.29, 1.82) is 0 Å². The Morgan fingerprint density at radius 3 is 2.61 bits per heavy atom. The lowest BCUT2D eigenvalue weighted by atomic mass is 10.1. The van der Waals surface area contributed by atoms with E-state index in [4.69, 9.17) is 11.6 Å². The van der Waals surface area contributed by atoms with Crippen LogP contribution in [0, 0.1) is 0 Å². The average Bonchev–Trinajstić information content (AvgIpc) is 3.21. The van der Waals surface area contributed by atoms with Crippen LogP contribution in [0.2, 0.25) is 5.02 Å². The van der Waals surface area contributed by atoms with Crippen LogP contribution in [-0.2, 0) is 13.6 Å². The monoisotopic (exact) mass is 398 g/mol. The number of aryl methyl sites for hydroxylation is 1. The van der Waals surface area contributed by atoms with E-state index in [1.807, 2.05) is 24.3 Å². The van der Waals surface area contributed by atoms with Gasteiger partial charge < -0.3 is 10.2 Å². The van der Waals surface area contributed by atoms with Crippen LogP contribution in [-0.4, -0.2) is 49.4 Å². The van der Waals surface area contributed by atoms with Crippen LogP contribution in [0.25, 0.3) is 0 Å². The molecule has 0 bridgehead atoms. The molecule has 2 amide bonds. The number of likely N-dealkylation sites (tertiary alicyclic amines) is 1. The Bertz CT molecular complexity index is 1020. The van der Waals surface area contributed by atoms with Gasteiger partial charge in [0.1, 0.15) is 5.69 Å². The summed E-state index contributed by atoms with van der Waals surface area (Å²) in [4.78, 5) is 27.0. The highest BCUT2D eigenvalue weighted by Crippen LogP contribution is 2.17. The van der Waals surface area contributed by atoms with Gasteiger partial charge in [0.25, 0.3) is 11.8 Å². The molecule has 4 rings (SSSR count). The summed E-state index contributed by atoms with van der Waals surface area (Å²) in [6, 6.07) is 9.20. The van der Waals surface area contributed by atoms with Crippen LogP contribution in [0.15, 0.2) is 42.7 Å². The number of aromatic nitrogens is 4. The standard InChI is InChI=1S/C19H19ClN6O2/c1-24-17(15(11-21-24)19(28)25-8-2-9-25)18(27)22-16-7-10-26(23-16)12-13-3-5-14(20)6-4-13/h3-7,10-11H,2,8-9,12H2,1H3,(H,22,23,27). The van der Waals surface area contributed by atoms with Crippen LogP contribution >= 0.6 is 11.6 Å². The highest BCUT2D eigenvalue weighted by molar-refractivity contribution is 6.30. The third kappa shape index (κ3) is 3.63. The molecule has 2 aromatic heterocycles. The van der Waals surface area contributed by atoms with Crippen LogP contribution in [0.4, 0.5) is 5.82 Å². The number of hydrogen-bond donors (Lipinski definition) is 1. The van der Waals surface area contributed by atoms with Gasteiger partial charge in [-0.3, -0.25) is 19.0 Å². The van der Waals surface area contributed by atoms with Crippen molar-refractivity contribution in [3.8, 4) is 0 Å². The van der Waals surface area contributed by atoms with E-state index in [9.17, 15) is 9.59 Å². The number of anilines is 1. The fourth-order valence-electron chi connectivity index (χ4n) is 3.02. The van der Waals surface area contributed by atoms with Gasteiger partial charge in [0.15, 0.2) is 5.82 Å². The van der Waals surface area contributed by atoms with Crippen molar-refractivity contribution in [2.75, 3.05) is 18.4 Å². The van der Waals surface area contributed by atoms with Gasteiger partial charge in [-0.05, 0) is 24.1 Å². The number of carbonyl (C=O) groups excluding carboxylic acids is 2. The summed E-state index contributed by atoms with van der Waals surface area (Å²) in [5.74, 6) is -0.180. The molecule has 0 aliphatic carbocycles. The van der Waals surface area contributed by atoms with Gasteiger partial charge in [0.05, 0.1) is 18.3 Å². The number of carbonyl (C=O) groups is 2. The Morgan fingerprint density at radius 1 is 1.18 bits per heavy atom. The summed E-state index contributed by atoms with van der Waals surface area (Å²) in [6.07, 6.45) is 4.20. The molecule has 3 aromatic rings. The fourth-order valence-corrected chi connectivity index (χ4v) is 3.15. The van der Waals surface area contributed by atoms with E-state index in [0.29, 0.717) is 36.0 Å². The maximum Gasteiger partial charge on any atom is 0.275 e. The van der Waals surface area contributed by atoms with Gasteiger partial charge in [-0.25, -0.2) is 0 Å². The van der Waals surface area contributed by atoms with Crippen molar-refractivity contribution >= 4 is 29.2 Å². The zero-order valence-electron chi connectivity index (χ0n) is 15.3. The van der Waals surface area contributed by atoms with Gasteiger partial charge in [-0.1, -0.05) is 23.7 Å². The molecule has 1 aromatic carbocycles. The molecule has 1 saturated heterocycles. The quantitative estimate of drug-likeness (QED) is 0.715. The third-order valence-corrected chi connectivity index (χ3v) is 4.92. The van der Waals surface area contributed by atoms with Crippen molar-refractivity contribution in [1.82, 2.24) is 24.5 Å². The normalized spacial score (nSPS) is 13.3. The van der Waals surface area contributed by atoms with E-state index < -0.39 is 5.91 Å². The van der Waals surface area contributed by atoms with E-state index in [-0.39, 0.29) is 11.6 Å². The minimum Gasteiger partial charge on any atom is -0.338 e. The van der Waals surface area contributed by atoms with Crippen LogP contribution in [0.3, 0.4) is 0 Å². The fraction of sp³-hybridized carbons (Fsp3) is 0.263. The van der Waals surface area contributed by atoms with Crippen molar-refractivity contribution < 1.29 is 9.59 Å². The first kappa shape index (κ1) is 18.2. The Hall–Kier alpha value is -3.13. The first-order chi connectivity index (χ1) is 13.5. The molecule has 144 valence electrons. The highest BCUT2D eigenvalue weighted by atomic mass is 35.5. The number of nitrogens with zero attached hydrogens (tertiary/aromatic N) is 5. The summed E-state index contributed by atoms with van der Waals surface area (Å²) in [6.45, 7) is 1.98. The van der Waals surface area contributed by atoms with Crippen LogP contribution in [0.1, 0.15) is 32.8 Å². The predicted octanol–water partition coefficient (Wildman–Crippen LogP) is 2.42. The lowest BCUT2D eigenvalue weighted by Crippen LogP contribution is -2.42. The van der Waals surface area contributed by atoms with Crippen LogP contribution in [0.5, 0.6) is 0 Å². The Kier molecular flexibility index (Phi) is 4.87. The van der Waals surface area contributed by atoms with Crippen molar-refractivity contribution in [3.63, 3.8) is 0 Å². The molecule has 1 aliphatic heterocycles. The molecular weight excluding hydrogens is 380 g/mol. The molecule has 0 saturated carbocycles. The first-order valence-corrected chi connectivity index (χ1v) is 9.29. The molecule has 0 spiro atoms. The van der Waals surface area contributed by atoms with Gasteiger partial charge in [0.2, 0.25) is 0 Å². The molecule has 28 heavy (non-hydrogen) atoms. The summed E-state index contributed by atoms with van der Waals surface area (Å²) in [5.41, 5.74) is 1.57. The molecule has 0 unspecified atom stereocenters. The van der Waals surface area contributed by atoms with E-state index in [1.165, 1.54) is 10.9 Å². The van der Waals surface area contributed by atoms with Crippen molar-refractivity contribution in [3.05, 3.63) is 64.6 Å². The maximum absolute atomic E-state index is 12.7. The second-order valence-electron chi connectivity index (χ2n) is 6.66. The third-order valence-electron chi connectivity index (χ3n) is 4.67. The smallest absolute Gasteiger partial charge is 0.275 e. The minimum absolute atomic E-state index is 0.169. The molecule has 3 heterocycles. The second-order valence-corrected chi connectivity index (χ2v) is 7.09. The summed E-state index contributed by atoms with van der Waals surface area (Å²) in [7, 11) is 1.64. The molecule has 9 heteroatoms. The van der Waals surface area contributed by atoms with Gasteiger partial charge in [-0.2, -0.15) is 10.2 Å². The number of nitrogens with one attached hydrogen (secondary N) is 1. The highest BCUT2D eigenvalue weighted by Gasteiger charge is 2.28. The maximum atomic E-state index is 12.7. The molecule has 8 nitrogen and oxygen atoms in total. The Balaban J connectivity index is 1.47. The zero-order valence-corrected chi connectivity index (χ0v) is 16.1. The average molecular weight is 399 g/mol. The van der Waals surface area contributed by atoms with Gasteiger partial charge in [-0.15, -0.1) is 0 Å². The summed E-state index contributed by atoms with van der Waals surface area (Å²) >= 11 is 5.90. The molecule has 1 aliphatic rings. The lowest BCUT2D eigenvalue weighted by Gasteiger charge is -2.30. The van der Waals surface area contributed by atoms with Crippen LogP contribution < -0.4 is 5.32 Å². The molecular formula is C19H19ClN6O2. The van der Waals surface area contributed by atoms with Crippen molar-refractivity contribution in [2.24, 2.45) is 7.05 Å². The number of benzene rings is 1. The number of halogens is 1. The Morgan fingerprint density at radius 2 is 1.93 bits per heavy atom. The van der Waals surface area contributed by atoms with E-state index in [1.54, 1.807) is 28.9 Å². The first-order valence-electron chi connectivity index (χ1n) is 8.92. The summed E-state index contributed by atoms with van der Waals surface area (Å²) < 4.78 is 3.13. The van der Waals surface area contributed by atoms with E-state index in [0.717, 1.165) is 12.0 Å². The SMILES string of the molecule is Cn1ncc(C(=O)N2CCC2)c1C(=O)Nc1ccn(Cc2ccc(Cl)cc2)n1. The number of amides is 2. The molecule has 0 radical (unpaired) electrons. The van der Waals surface area contributed by atoms with Gasteiger partial charge in [0, 0.05) is 37.4 Å². The topological polar surface area (TPSA) is 85.0 Å². The largest absolute Gasteiger partial charge is 0.338 e. The van der Waals surface area contributed by atoms with Crippen molar-refractivity contribution in [2.45, 2.75) is 13.0 Å². The van der Waals surface area contributed by atoms with E-state index in [2.05, 4.69) is 15.5 Å². The second kappa shape index (κ2) is 7.47. The molecule has 1 fully saturated rings. The molecule has 1 N–H and O–H groups in total. The number of rotatable bonds is 5. The summed E-state index contributed by atoms with van der Waals surface area (Å²) in [5, 5.41) is 11.9. The molecule has 0 atom stereocenters. The predicted molar refractivity (Wildman–Crippen MR) is 104 cm³/mol. The van der Waals surface area contributed by atoms with E-state index >= 15 is 0 Å². The zero-order chi connectivity index (χ0) is 19.7. The number of hydrogen-bond acceptors (Lipinski definition) is 4. The Labute approximate surface area is 166 Å².